The number of fused-ring (bicyclic) bond motifs is 1. The summed E-state index contributed by atoms with van der Waals surface area (Å²) < 4.78 is 29.5. The van der Waals surface area contributed by atoms with E-state index in [2.05, 4.69) is 15.3 Å². The molecule has 2 aromatic rings. The van der Waals surface area contributed by atoms with Crippen LogP contribution in [-0.2, 0) is 17.8 Å². The molecule has 11 heteroatoms. The molecule has 31 heavy (non-hydrogen) atoms. The topological polar surface area (TPSA) is 105 Å². The van der Waals surface area contributed by atoms with E-state index < -0.39 is 19.1 Å². The second-order valence-electron chi connectivity index (χ2n) is 6.90. The van der Waals surface area contributed by atoms with E-state index in [1.807, 2.05) is 0 Å². The molecule has 3 rings (SSSR count). The Bertz CT molecular complexity index is 976. The Morgan fingerprint density at radius 2 is 2.19 bits per heavy atom. The number of nitrogens with zero attached hydrogens (tertiary/aromatic N) is 3. The Labute approximate surface area is 182 Å². The van der Waals surface area contributed by atoms with Crippen molar-refractivity contribution in [3.63, 3.8) is 0 Å². The van der Waals surface area contributed by atoms with E-state index >= 15 is 0 Å². The van der Waals surface area contributed by atoms with Crippen molar-refractivity contribution in [2.24, 2.45) is 0 Å². The number of carbonyl (C=O) groups excluding carboxylic acids is 2. The van der Waals surface area contributed by atoms with Crippen LogP contribution < -0.4 is 10.1 Å². The summed E-state index contributed by atoms with van der Waals surface area (Å²) in [5.41, 5.74) is 2.21. The summed E-state index contributed by atoms with van der Waals surface area (Å²) >= 11 is 6.11. The average molecular weight is 455 g/mol. The van der Waals surface area contributed by atoms with Crippen LogP contribution in [0.3, 0.4) is 0 Å². The van der Waals surface area contributed by atoms with Gasteiger partial charge in [-0.2, -0.15) is 0 Å². The monoisotopic (exact) mass is 454 g/mol. The summed E-state index contributed by atoms with van der Waals surface area (Å²) in [5, 5.41) is 11.5. The van der Waals surface area contributed by atoms with E-state index in [9.17, 15) is 18.4 Å². The molecule has 3 heterocycles. The molecule has 0 saturated carbocycles. The number of carbonyl (C=O) groups is 2. The summed E-state index contributed by atoms with van der Waals surface area (Å²) in [7, 11) is 0. The van der Waals surface area contributed by atoms with Gasteiger partial charge in [0, 0.05) is 36.6 Å². The number of aliphatic hydroxyl groups excluding tert-OH is 1. The third-order valence-electron chi connectivity index (χ3n) is 4.85. The Kier molecular flexibility index (Phi) is 7.34. The zero-order valence-corrected chi connectivity index (χ0v) is 17.4. The molecule has 2 N–H and O–H groups in total. The summed E-state index contributed by atoms with van der Waals surface area (Å²) in [6.45, 7) is 1.19. The van der Waals surface area contributed by atoms with E-state index in [1.165, 1.54) is 18.5 Å². The molecular weight excluding hydrogens is 434 g/mol. The van der Waals surface area contributed by atoms with Crippen molar-refractivity contribution in [3.05, 3.63) is 51.9 Å². The fourth-order valence-corrected chi connectivity index (χ4v) is 3.51. The van der Waals surface area contributed by atoms with Crippen LogP contribution in [0.2, 0.25) is 5.02 Å². The van der Waals surface area contributed by atoms with Crippen LogP contribution in [0.25, 0.3) is 0 Å². The van der Waals surface area contributed by atoms with E-state index in [1.54, 1.807) is 17.9 Å². The predicted molar refractivity (Wildman–Crippen MR) is 107 cm³/mol. The lowest BCUT2D eigenvalue weighted by Crippen LogP contribution is -2.28. The van der Waals surface area contributed by atoms with E-state index in [-0.39, 0.29) is 48.8 Å². The molecule has 0 bridgehead atoms. The molecule has 1 aliphatic rings. The van der Waals surface area contributed by atoms with Gasteiger partial charge in [-0.25, -0.2) is 13.8 Å². The molecule has 0 aromatic carbocycles. The van der Waals surface area contributed by atoms with Crippen molar-refractivity contribution >= 4 is 23.4 Å². The molecule has 0 radical (unpaired) electrons. The summed E-state index contributed by atoms with van der Waals surface area (Å²) in [4.78, 5) is 34.8. The summed E-state index contributed by atoms with van der Waals surface area (Å²) in [5.74, 6) is -0.630. The second kappa shape index (κ2) is 9.97. The number of aliphatic hydroxyl groups is 1. The minimum Gasteiger partial charge on any atom is -0.471 e. The second-order valence-corrected chi connectivity index (χ2v) is 7.31. The highest BCUT2D eigenvalue weighted by Gasteiger charge is 2.34. The van der Waals surface area contributed by atoms with Gasteiger partial charge in [0.25, 0.3) is 12.3 Å². The van der Waals surface area contributed by atoms with Crippen molar-refractivity contribution in [2.45, 2.75) is 32.4 Å². The van der Waals surface area contributed by atoms with Gasteiger partial charge >= 0.3 is 0 Å². The maximum Gasteiger partial charge on any atom is 0.272 e. The Balaban J connectivity index is 1.76. The van der Waals surface area contributed by atoms with Crippen LogP contribution in [0.4, 0.5) is 8.78 Å². The molecule has 8 nitrogen and oxygen atoms in total. The maximum absolute atomic E-state index is 13.0. The molecule has 166 valence electrons. The minimum atomic E-state index is -2.65. The number of hydrogen-bond acceptors (Lipinski definition) is 6. The Morgan fingerprint density at radius 3 is 2.87 bits per heavy atom. The molecular formula is C20H21ClF2N4O4. The van der Waals surface area contributed by atoms with Gasteiger partial charge in [-0.1, -0.05) is 11.6 Å². The quantitative estimate of drug-likeness (QED) is 0.601. The first-order valence-electron chi connectivity index (χ1n) is 9.53. The summed E-state index contributed by atoms with van der Waals surface area (Å²) in [6.07, 6.45) is 0.246. The number of nitrogens with one attached hydrogen (secondary N) is 1. The van der Waals surface area contributed by atoms with Gasteiger partial charge in [0.1, 0.15) is 5.02 Å². The molecule has 1 unspecified atom stereocenters. The third-order valence-corrected chi connectivity index (χ3v) is 5.12. The minimum absolute atomic E-state index is 0.0117. The van der Waals surface area contributed by atoms with Gasteiger partial charge in [0.05, 0.1) is 24.8 Å². The molecule has 1 atom stereocenters. The smallest absolute Gasteiger partial charge is 0.272 e. The van der Waals surface area contributed by atoms with E-state index in [0.717, 1.165) is 0 Å². The Hall–Kier alpha value is -2.85. The van der Waals surface area contributed by atoms with Gasteiger partial charge in [0.15, 0.2) is 6.61 Å². The van der Waals surface area contributed by atoms with Crippen molar-refractivity contribution in [1.82, 2.24) is 20.2 Å². The van der Waals surface area contributed by atoms with Gasteiger partial charge in [-0.05, 0) is 24.6 Å². The van der Waals surface area contributed by atoms with E-state index in [0.29, 0.717) is 22.4 Å². The van der Waals surface area contributed by atoms with E-state index in [4.69, 9.17) is 21.4 Å². The normalized spacial score (nSPS) is 14.0. The van der Waals surface area contributed by atoms with Gasteiger partial charge in [-0.15, -0.1) is 0 Å². The van der Waals surface area contributed by atoms with Crippen LogP contribution in [0.1, 0.15) is 40.1 Å². The standard InChI is InChI=1S/C20H21ClF2N4O4/c1-11(12-6-15(21)19(26-8-12)31-10-17(22)23)27-9-14-13(20(27)30)2-3-24-16(14)7-18(29)25-4-5-28/h2-3,6,8,11,17,28H,4-5,7,9-10H2,1H3,(H,25,29). The average Bonchev–Trinajstić information content (AvgIpc) is 3.08. The van der Waals surface area contributed by atoms with Crippen molar-refractivity contribution in [1.29, 1.82) is 0 Å². The van der Waals surface area contributed by atoms with Crippen LogP contribution in [-0.4, -0.2) is 58.0 Å². The first-order valence-corrected chi connectivity index (χ1v) is 9.91. The molecule has 0 aliphatic carbocycles. The summed E-state index contributed by atoms with van der Waals surface area (Å²) in [6, 6.07) is 2.70. The highest BCUT2D eigenvalue weighted by molar-refractivity contribution is 6.31. The Morgan fingerprint density at radius 1 is 1.42 bits per heavy atom. The molecule has 2 amide bonds. The number of pyridine rings is 2. The molecule has 0 saturated heterocycles. The lowest BCUT2D eigenvalue weighted by molar-refractivity contribution is -0.120. The predicted octanol–water partition coefficient (Wildman–Crippen LogP) is 2.14. The zero-order valence-electron chi connectivity index (χ0n) is 16.6. The zero-order chi connectivity index (χ0) is 22.5. The fraction of sp³-hybridized carbons (Fsp3) is 0.400. The van der Waals surface area contributed by atoms with Gasteiger partial charge in [-0.3, -0.25) is 14.6 Å². The van der Waals surface area contributed by atoms with Gasteiger partial charge < -0.3 is 20.1 Å². The highest BCUT2D eigenvalue weighted by atomic mass is 35.5. The number of hydrogen-bond donors (Lipinski definition) is 2. The van der Waals surface area contributed by atoms with Crippen molar-refractivity contribution < 1.29 is 28.2 Å². The SMILES string of the molecule is CC(c1cnc(OCC(F)F)c(Cl)c1)N1Cc2c(ccnc2CC(=O)NCCO)C1=O. The third kappa shape index (κ3) is 5.26. The number of aromatic nitrogens is 2. The van der Waals surface area contributed by atoms with Crippen LogP contribution in [0.15, 0.2) is 24.5 Å². The molecule has 2 aromatic heterocycles. The lowest BCUT2D eigenvalue weighted by atomic mass is 10.1. The number of ether oxygens (including phenoxy) is 1. The first-order chi connectivity index (χ1) is 14.8. The lowest BCUT2D eigenvalue weighted by Gasteiger charge is -2.25. The van der Waals surface area contributed by atoms with Crippen molar-refractivity contribution in [2.75, 3.05) is 19.8 Å². The van der Waals surface area contributed by atoms with Crippen LogP contribution >= 0.6 is 11.6 Å². The molecule has 1 aliphatic heterocycles. The molecule has 0 fully saturated rings. The highest BCUT2D eigenvalue weighted by Crippen LogP contribution is 2.34. The fourth-order valence-electron chi connectivity index (χ4n) is 3.28. The number of rotatable bonds is 9. The maximum atomic E-state index is 13.0. The first kappa shape index (κ1) is 22.8. The molecule has 0 spiro atoms. The van der Waals surface area contributed by atoms with Crippen molar-refractivity contribution in [3.8, 4) is 5.88 Å². The largest absolute Gasteiger partial charge is 0.471 e. The number of amides is 2. The number of halogens is 3. The van der Waals surface area contributed by atoms with Crippen LogP contribution in [0, 0.1) is 0 Å². The number of alkyl halides is 2. The van der Waals surface area contributed by atoms with Gasteiger partial charge in [0.2, 0.25) is 11.8 Å². The van der Waals surface area contributed by atoms with Crippen LogP contribution in [0.5, 0.6) is 5.88 Å².